The zero-order chi connectivity index (χ0) is 20.1. The zero-order valence-corrected chi connectivity index (χ0v) is 20.5. The molecule has 0 aromatic heterocycles. The third kappa shape index (κ3) is 5.69. The van der Waals surface area contributed by atoms with Crippen molar-refractivity contribution in [2.75, 3.05) is 13.7 Å². The van der Waals surface area contributed by atoms with Crippen LogP contribution in [0.25, 0.3) is 0 Å². The van der Waals surface area contributed by atoms with E-state index in [0.29, 0.717) is 26.0 Å². The molecule has 0 radical (unpaired) electrons. The average Bonchev–Trinajstić information content (AvgIpc) is 2.58. The van der Waals surface area contributed by atoms with Gasteiger partial charge in [0.2, 0.25) is 0 Å². The highest BCUT2D eigenvalue weighted by atomic mass is 79.9. The lowest BCUT2D eigenvalue weighted by Crippen LogP contribution is -2.24. The maximum Gasteiger partial charge on any atom is 0.277 e. The van der Waals surface area contributed by atoms with Crippen LogP contribution in [-0.2, 0) is 4.79 Å². The Morgan fingerprint density at radius 2 is 1.74 bits per heavy atom. The first-order chi connectivity index (χ1) is 12.7. The molecule has 144 valence electrons. The molecule has 0 aliphatic rings. The summed E-state index contributed by atoms with van der Waals surface area (Å²) in [5.41, 5.74) is 3.79. The summed E-state index contributed by atoms with van der Waals surface area (Å²) in [5.74, 6) is 0.477. The Kier molecular flexibility index (Phi) is 8.14. The number of hydrogen-bond donors (Lipinski definition) is 2. The molecule has 0 spiro atoms. The number of ether oxygens (including phenoxy) is 2. The molecule has 0 bridgehead atoms. The van der Waals surface area contributed by atoms with E-state index in [0.717, 1.165) is 14.5 Å². The average molecular weight is 630 g/mol. The fourth-order valence-corrected chi connectivity index (χ4v) is 5.18. The molecule has 0 saturated heterocycles. The van der Waals surface area contributed by atoms with Crippen LogP contribution in [0.5, 0.6) is 17.2 Å². The Labute approximate surface area is 189 Å². The second-order valence-corrected chi connectivity index (χ2v) is 8.64. The number of hydrazone groups is 1. The number of hydrogen-bond acceptors (Lipinski definition) is 5. The number of nitrogens with zero attached hydrogens (tertiary/aromatic N) is 1. The summed E-state index contributed by atoms with van der Waals surface area (Å²) in [4.78, 5) is 11.9. The summed E-state index contributed by atoms with van der Waals surface area (Å²) in [6.45, 7) is 1.73. The number of amides is 1. The van der Waals surface area contributed by atoms with E-state index in [9.17, 15) is 9.90 Å². The molecule has 10 heteroatoms. The molecule has 2 rings (SSSR count). The highest BCUT2D eigenvalue weighted by Crippen LogP contribution is 2.41. The zero-order valence-electron chi connectivity index (χ0n) is 14.1. The van der Waals surface area contributed by atoms with Gasteiger partial charge in [0.05, 0.1) is 26.7 Å². The Hall–Kier alpha value is -1.10. The Balaban J connectivity index is 2.00. The number of phenols is 1. The minimum Gasteiger partial charge on any atom is -0.506 e. The van der Waals surface area contributed by atoms with Crippen LogP contribution < -0.4 is 14.9 Å². The van der Waals surface area contributed by atoms with Crippen molar-refractivity contribution in [3.63, 3.8) is 0 Å². The number of aryl methyl sites for hydroxylation is 1. The molecular formula is C17H14Br4N2O4. The highest BCUT2D eigenvalue weighted by molar-refractivity contribution is 9.11. The summed E-state index contributed by atoms with van der Waals surface area (Å²) in [6.07, 6.45) is 1.32. The van der Waals surface area contributed by atoms with Crippen molar-refractivity contribution in [3.05, 3.63) is 47.2 Å². The Bertz CT molecular complexity index is 880. The first-order valence-electron chi connectivity index (χ1n) is 7.39. The van der Waals surface area contributed by atoms with Crippen LogP contribution in [-0.4, -0.2) is 30.9 Å². The molecule has 2 aromatic carbocycles. The largest absolute Gasteiger partial charge is 0.506 e. The molecule has 2 aromatic rings. The molecule has 2 N–H and O–H groups in total. The number of aromatic hydroxyl groups is 1. The van der Waals surface area contributed by atoms with Crippen LogP contribution in [0.2, 0.25) is 0 Å². The van der Waals surface area contributed by atoms with Gasteiger partial charge in [-0.15, -0.1) is 0 Å². The van der Waals surface area contributed by atoms with Gasteiger partial charge in [-0.05, 0) is 94.4 Å². The van der Waals surface area contributed by atoms with Crippen LogP contribution in [0.15, 0.2) is 41.2 Å². The normalized spacial score (nSPS) is 10.9. The molecule has 27 heavy (non-hydrogen) atoms. The third-order valence-corrected chi connectivity index (χ3v) is 5.77. The molecule has 0 saturated carbocycles. The van der Waals surface area contributed by atoms with Gasteiger partial charge in [-0.3, -0.25) is 4.79 Å². The smallest absolute Gasteiger partial charge is 0.277 e. The van der Waals surface area contributed by atoms with Crippen molar-refractivity contribution in [2.45, 2.75) is 6.92 Å². The number of methoxy groups -OCH3 is 1. The number of rotatable bonds is 6. The lowest BCUT2D eigenvalue weighted by atomic mass is 10.2. The Morgan fingerprint density at radius 3 is 2.33 bits per heavy atom. The van der Waals surface area contributed by atoms with Crippen LogP contribution in [0.3, 0.4) is 0 Å². The first-order valence-corrected chi connectivity index (χ1v) is 10.6. The van der Waals surface area contributed by atoms with Gasteiger partial charge in [0, 0.05) is 5.56 Å². The van der Waals surface area contributed by atoms with Crippen LogP contribution in [0, 0.1) is 6.92 Å². The van der Waals surface area contributed by atoms with Crippen molar-refractivity contribution >= 4 is 75.8 Å². The summed E-state index contributed by atoms with van der Waals surface area (Å²) < 4.78 is 13.2. The van der Waals surface area contributed by atoms with Gasteiger partial charge in [-0.25, -0.2) is 5.43 Å². The number of nitrogens with one attached hydrogen (secondary N) is 1. The minimum atomic E-state index is -0.447. The van der Waals surface area contributed by atoms with Gasteiger partial charge in [-0.1, -0.05) is 0 Å². The molecule has 0 fully saturated rings. The topological polar surface area (TPSA) is 80.2 Å². The maximum absolute atomic E-state index is 11.9. The first kappa shape index (κ1) is 22.2. The maximum atomic E-state index is 11.9. The van der Waals surface area contributed by atoms with E-state index >= 15 is 0 Å². The monoisotopic (exact) mass is 626 g/mol. The molecular weight excluding hydrogens is 616 g/mol. The SMILES string of the molecule is COc1c(Br)cc(C=NNC(=O)COc2c(Br)cc(C)cc2Br)c(O)c1Br. The number of phenolic OH excluding ortho intramolecular Hbond substituents is 1. The fraction of sp³-hybridized carbons (Fsp3) is 0.176. The molecule has 1 amide bonds. The highest BCUT2D eigenvalue weighted by Gasteiger charge is 2.14. The number of benzene rings is 2. The van der Waals surface area contributed by atoms with E-state index in [1.165, 1.54) is 13.3 Å². The second-order valence-electron chi connectivity index (χ2n) is 5.28. The van der Waals surface area contributed by atoms with Crippen molar-refractivity contribution < 1.29 is 19.4 Å². The fourth-order valence-electron chi connectivity index (χ4n) is 2.06. The standard InChI is InChI=1S/C17H14Br4N2O4/c1-8-3-10(18)16(11(19)4-8)27-7-13(24)23-22-6-9-5-12(20)17(26-2)14(21)15(9)25/h3-6,25H,7H2,1-2H3,(H,23,24). The lowest BCUT2D eigenvalue weighted by Gasteiger charge is -2.11. The van der Waals surface area contributed by atoms with Crippen LogP contribution in [0.4, 0.5) is 0 Å². The van der Waals surface area contributed by atoms with E-state index in [-0.39, 0.29) is 12.4 Å². The number of halogens is 4. The van der Waals surface area contributed by atoms with Crippen molar-refractivity contribution in [2.24, 2.45) is 5.10 Å². The van der Waals surface area contributed by atoms with E-state index < -0.39 is 5.91 Å². The van der Waals surface area contributed by atoms with E-state index in [1.807, 2.05) is 19.1 Å². The van der Waals surface area contributed by atoms with Gasteiger partial charge in [0.15, 0.2) is 12.4 Å². The quantitative estimate of drug-likeness (QED) is 0.336. The van der Waals surface area contributed by atoms with Crippen LogP contribution >= 0.6 is 63.7 Å². The molecule has 0 aliphatic heterocycles. The number of carbonyl (C=O) groups excluding carboxylic acids is 1. The van der Waals surface area contributed by atoms with Gasteiger partial charge in [0.1, 0.15) is 16.0 Å². The summed E-state index contributed by atoms with van der Waals surface area (Å²) in [6, 6.07) is 5.39. The van der Waals surface area contributed by atoms with Crippen molar-refractivity contribution in [3.8, 4) is 17.2 Å². The summed E-state index contributed by atoms with van der Waals surface area (Å²) in [5, 5.41) is 14.0. The summed E-state index contributed by atoms with van der Waals surface area (Å²) >= 11 is 13.4. The molecule has 6 nitrogen and oxygen atoms in total. The van der Waals surface area contributed by atoms with E-state index in [4.69, 9.17) is 9.47 Å². The minimum absolute atomic E-state index is 0.0585. The summed E-state index contributed by atoms with van der Waals surface area (Å²) in [7, 11) is 1.49. The predicted octanol–water partition coefficient (Wildman–Crippen LogP) is 5.29. The second kappa shape index (κ2) is 9.90. The van der Waals surface area contributed by atoms with Crippen molar-refractivity contribution in [1.29, 1.82) is 0 Å². The molecule has 0 heterocycles. The van der Waals surface area contributed by atoms with Gasteiger partial charge in [0.25, 0.3) is 5.91 Å². The predicted molar refractivity (Wildman–Crippen MR) is 118 cm³/mol. The third-order valence-electron chi connectivity index (χ3n) is 3.27. The molecule has 0 atom stereocenters. The number of carbonyl (C=O) groups is 1. The van der Waals surface area contributed by atoms with E-state index in [1.54, 1.807) is 6.07 Å². The van der Waals surface area contributed by atoms with Gasteiger partial charge in [-0.2, -0.15) is 5.10 Å². The van der Waals surface area contributed by atoms with Gasteiger partial charge < -0.3 is 14.6 Å². The lowest BCUT2D eigenvalue weighted by molar-refractivity contribution is -0.123. The molecule has 0 unspecified atom stereocenters. The van der Waals surface area contributed by atoms with E-state index in [2.05, 4.69) is 74.2 Å². The van der Waals surface area contributed by atoms with Crippen LogP contribution in [0.1, 0.15) is 11.1 Å². The van der Waals surface area contributed by atoms with Gasteiger partial charge >= 0.3 is 0 Å². The Morgan fingerprint density at radius 1 is 1.15 bits per heavy atom. The van der Waals surface area contributed by atoms with Crippen molar-refractivity contribution in [1.82, 2.24) is 5.43 Å². The molecule has 0 aliphatic carbocycles.